The minimum absolute atomic E-state index is 0. The van der Waals surface area contributed by atoms with Crippen molar-refractivity contribution in [2.75, 3.05) is 24.6 Å². The van der Waals surface area contributed by atoms with Crippen molar-refractivity contribution < 1.29 is 44.0 Å². The van der Waals surface area contributed by atoms with Crippen LogP contribution in [0.25, 0.3) is 34.4 Å². The molecule has 2 atom stereocenters. The Morgan fingerprint density at radius 3 is 1.10 bits per heavy atom. The summed E-state index contributed by atoms with van der Waals surface area (Å²) in [6.45, 7) is 19.6. The van der Waals surface area contributed by atoms with Crippen molar-refractivity contribution in [3.63, 3.8) is 0 Å². The maximum atomic E-state index is 2.73. The van der Waals surface area contributed by atoms with Crippen molar-refractivity contribution in [2.24, 2.45) is 23.7 Å². The Bertz CT molecular complexity index is 1630. The molecule has 0 saturated carbocycles. The second kappa shape index (κ2) is 19.2. The maximum Gasteiger partial charge on any atom is -1.00 e. The number of benzene rings is 4. The van der Waals surface area contributed by atoms with Crippen molar-refractivity contribution in [1.29, 1.82) is 0 Å². The molecule has 0 spiro atoms. The topological polar surface area (TPSA) is 0 Å². The second-order valence-corrected chi connectivity index (χ2v) is 22.9. The van der Waals surface area contributed by atoms with Crippen molar-refractivity contribution in [2.45, 2.75) is 63.8 Å². The van der Waals surface area contributed by atoms with E-state index in [0.717, 1.165) is 0 Å². The molecule has 0 nitrogen and oxygen atoms in total. The van der Waals surface area contributed by atoms with Gasteiger partial charge in [-0.1, -0.05) is 0 Å². The van der Waals surface area contributed by atoms with Crippen molar-refractivity contribution in [3.8, 4) is 22.3 Å². The van der Waals surface area contributed by atoms with Crippen LogP contribution in [0.3, 0.4) is 0 Å². The van der Waals surface area contributed by atoms with Crippen molar-refractivity contribution in [3.05, 3.63) is 130 Å². The zero-order valence-corrected chi connectivity index (χ0v) is 36.7. The smallest absolute Gasteiger partial charge is 1.00 e. The van der Waals surface area contributed by atoms with Gasteiger partial charge < -0.3 is 24.8 Å². The van der Waals surface area contributed by atoms with Crippen LogP contribution in [0.5, 0.6) is 0 Å². The van der Waals surface area contributed by atoms with E-state index >= 15 is 0 Å². The third kappa shape index (κ3) is 9.99. The summed E-state index contributed by atoms with van der Waals surface area (Å²) in [6, 6.07) is 36.8. The third-order valence-corrected chi connectivity index (χ3v) is 20.3. The molecule has 0 N–H and O–H groups in total. The zero-order chi connectivity index (χ0) is 34.7. The molecule has 0 bridgehead atoms. The van der Waals surface area contributed by atoms with E-state index in [0.29, 0.717) is 32.1 Å². The number of hydrogen-bond acceptors (Lipinski definition) is 0. The van der Waals surface area contributed by atoms with E-state index in [4.69, 9.17) is 0 Å². The van der Waals surface area contributed by atoms with Crippen molar-refractivity contribution >= 4 is 28.0 Å². The fourth-order valence-electron chi connectivity index (χ4n) is 7.91. The Morgan fingerprint density at radius 1 is 0.451 bits per heavy atom. The van der Waals surface area contributed by atoms with Crippen LogP contribution in [0.15, 0.2) is 108 Å². The van der Waals surface area contributed by atoms with Crippen LogP contribution >= 0.6 is 15.8 Å². The number of halogens is 2. The van der Waals surface area contributed by atoms with Crippen LogP contribution in [-0.4, -0.2) is 24.6 Å². The van der Waals surface area contributed by atoms with Gasteiger partial charge in [-0.3, -0.25) is 0 Å². The molecular formula is C46H56Cl2P2Ti. The molecule has 0 amide bonds. The quantitative estimate of drug-likeness (QED) is 0.0894. The molecule has 2 unspecified atom stereocenters. The van der Waals surface area contributed by atoms with Gasteiger partial charge in [0.15, 0.2) is 0 Å². The first kappa shape index (κ1) is 42.3. The molecule has 5 heteroatoms. The summed E-state index contributed by atoms with van der Waals surface area (Å²) in [5, 5.41) is 3.64. The van der Waals surface area contributed by atoms with Gasteiger partial charge in [0.05, 0.1) is 0 Å². The summed E-state index contributed by atoms with van der Waals surface area (Å²) in [5.74, 6) is 2.85. The molecule has 0 heterocycles. The van der Waals surface area contributed by atoms with Crippen molar-refractivity contribution in [1.82, 2.24) is 0 Å². The molecule has 4 aromatic carbocycles. The summed E-state index contributed by atoms with van der Waals surface area (Å²) < 4.78 is 1.16. The van der Waals surface area contributed by atoms with E-state index < -0.39 is 19.2 Å². The molecule has 0 aliphatic heterocycles. The molecule has 0 saturated heterocycles. The van der Waals surface area contributed by atoms with E-state index in [-0.39, 0.29) is 40.7 Å². The van der Waals surface area contributed by atoms with Gasteiger partial charge in [0.2, 0.25) is 0 Å². The molecule has 6 rings (SSSR count). The molecule has 2 aliphatic carbocycles. The Hall–Kier alpha value is -1.49. The Balaban J connectivity index is 0.00000292. The van der Waals surface area contributed by atoms with E-state index in [1.54, 1.807) is 11.1 Å². The molecule has 2 aliphatic rings. The summed E-state index contributed by atoms with van der Waals surface area (Å²) in [4.78, 5) is 0. The fraction of sp³-hybridized carbons (Fsp3) is 0.391. The van der Waals surface area contributed by atoms with Gasteiger partial charge in [-0.05, 0) is 0 Å². The standard InChI is InChI=1S/2C23H28P.2ClH.Ti/c2*1-17(2)15-24(16-18(3)4)21-13-20-11-8-12-22(23(20)14-21)19-9-6-5-7-10-19;;;/h2*5-14,17-18H,15-16H2,1-4H3;2*1H;/q;;;;+2/p-2. The predicted molar refractivity (Wildman–Crippen MR) is 218 cm³/mol. The summed E-state index contributed by atoms with van der Waals surface area (Å²) >= 11 is -0.481. The number of allylic oxidation sites excluding steroid dienone is 2. The first-order valence-corrected chi connectivity index (χ1v) is 23.9. The molecular weight excluding hydrogens is 733 g/mol. The normalized spacial score (nSPS) is 16.3. The zero-order valence-electron chi connectivity index (χ0n) is 31.8. The van der Waals surface area contributed by atoms with Gasteiger partial charge in [-0.15, -0.1) is 0 Å². The van der Waals surface area contributed by atoms with Crippen LogP contribution in [0.2, 0.25) is 0 Å². The fourth-order valence-corrected chi connectivity index (χ4v) is 19.2. The average Bonchev–Trinajstić information content (AvgIpc) is 3.63. The summed E-state index contributed by atoms with van der Waals surface area (Å²) in [5.41, 5.74) is 11.8. The average molecular weight is 790 g/mol. The van der Waals surface area contributed by atoms with Crippen LogP contribution < -0.4 is 24.8 Å². The molecule has 4 aromatic rings. The van der Waals surface area contributed by atoms with Crippen LogP contribution in [0.4, 0.5) is 0 Å². The SMILES string of the molecule is CC(C)CP(CC(C)C)C1=Cc2c(-c3ccccc3)cccc2[CH]1[Ti+2][CH]1C(P(CC(C)C)CC(C)C)=Cc2c(-c3ccccc3)cccc21.[Cl-].[Cl-]. The summed E-state index contributed by atoms with van der Waals surface area (Å²) in [6.07, 6.45) is 10.8. The minimum atomic E-state index is -0.481. The molecule has 51 heavy (non-hydrogen) atoms. The van der Waals surface area contributed by atoms with E-state index in [1.165, 1.54) is 58.0 Å². The molecule has 0 fully saturated rings. The summed E-state index contributed by atoms with van der Waals surface area (Å²) in [7, 11) is -0.433. The Morgan fingerprint density at radius 2 is 0.784 bits per heavy atom. The molecule has 0 radical (unpaired) electrons. The Kier molecular flexibility index (Phi) is 15.9. The van der Waals surface area contributed by atoms with Gasteiger partial charge in [0, 0.05) is 0 Å². The van der Waals surface area contributed by atoms with Crippen LogP contribution in [0.1, 0.15) is 86.1 Å². The monoisotopic (exact) mass is 788 g/mol. The Labute approximate surface area is 334 Å². The van der Waals surface area contributed by atoms with Gasteiger partial charge in [0.25, 0.3) is 0 Å². The van der Waals surface area contributed by atoms with Gasteiger partial charge in [0.1, 0.15) is 0 Å². The van der Waals surface area contributed by atoms with Gasteiger partial charge in [-0.25, -0.2) is 0 Å². The van der Waals surface area contributed by atoms with Gasteiger partial charge in [-0.2, -0.15) is 0 Å². The van der Waals surface area contributed by atoms with E-state index in [9.17, 15) is 0 Å². The van der Waals surface area contributed by atoms with Crippen LogP contribution in [0, 0.1) is 23.7 Å². The number of rotatable bonds is 14. The second-order valence-electron chi connectivity index (χ2n) is 15.9. The predicted octanol–water partition coefficient (Wildman–Crippen LogP) is 8.19. The molecule has 268 valence electrons. The maximum absolute atomic E-state index is 2.73. The number of fused-ring (bicyclic) bond motifs is 2. The van der Waals surface area contributed by atoms with E-state index in [2.05, 4.69) is 165 Å². The van der Waals surface area contributed by atoms with Crippen LogP contribution in [-0.2, 0) is 19.2 Å². The largest absolute Gasteiger partial charge is 1.00 e. The molecule has 0 aromatic heterocycles. The first-order chi connectivity index (χ1) is 23.6. The number of hydrogen-bond donors (Lipinski definition) is 0. The van der Waals surface area contributed by atoms with Gasteiger partial charge >= 0.3 is 312 Å². The van der Waals surface area contributed by atoms with E-state index in [1.807, 2.05) is 10.6 Å². The first-order valence-electron chi connectivity index (χ1n) is 18.7. The third-order valence-electron chi connectivity index (χ3n) is 9.65. The minimum Gasteiger partial charge on any atom is -1.00 e.